The van der Waals surface area contributed by atoms with Crippen molar-refractivity contribution < 1.29 is 13.9 Å². The van der Waals surface area contributed by atoms with Crippen LogP contribution in [0.15, 0.2) is 24.3 Å². The van der Waals surface area contributed by atoms with Gasteiger partial charge in [-0.15, -0.1) is 0 Å². The minimum Gasteiger partial charge on any atom is -0.494 e. The molecule has 3 N–H and O–H groups in total. The number of hydrogen-bond acceptors (Lipinski definition) is 3. The second-order valence-corrected chi connectivity index (χ2v) is 5.17. The van der Waals surface area contributed by atoms with E-state index in [9.17, 15) is 9.18 Å². The van der Waals surface area contributed by atoms with Gasteiger partial charge in [-0.3, -0.25) is 4.79 Å². The Hall–Kier alpha value is -1.62. The van der Waals surface area contributed by atoms with Gasteiger partial charge in [0.25, 0.3) is 0 Å². The lowest BCUT2D eigenvalue weighted by Crippen LogP contribution is -2.54. The molecule has 2 rings (SSSR count). The van der Waals surface area contributed by atoms with E-state index in [-0.39, 0.29) is 11.7 Å². The molecule has 0 radical (unpaired) electrons. The average Bonchev–Trinajstić information content (AvgIpc) is 3.15. The normalized spacial score (nSPS) is 17.8. The van der Waals surface area contributed by atoms with Crippen LogP contribution in [0.3, 0.4) is 0 Å². The quantitative estimate of drug-likeness (QED) is 0.787. The summed E-state index contributed by atoms with van der Waals surface area (Å²) in [5.74, 6) is -0.0912. The van der Waals surface area contributed by atoms with Gasteiger partial charge in [0.1, 0.15) is 11.6 Å². The molecule has 0 saturated heterocycles. The molecule has 0 aromatic heterocycles. The Bertz CT molecular complexity index is 445. The van der Waals surface area contributed by atoms with E-state index in [4.69, 9.17) is 10.5 Å². The predicted molar refractivity (Wildman–Crippen MR) is 70.3 cm³/mol. The molecule has 1 fully saturated rings. The van der Waals surface area contributed by atoms with Crippen molar-refractivity contribution in [2.45, 2.75) is 37.8 Å². The number of nitrogens with one attached hydrogen (secondary N) is 1. The average molecular weight is 266 g/mol. The minimum atomic E-state index is -0.749. The van der Waals surface area contributed by atoms with E-state index < -0.39 is 5.54 Å². The lowest BCUT2D eigenvalue weighted by molar-refractivity contribution is -0.124. The first-order valence-electron chi connectivity index (χ1n) is 6.45. The fourth-order valence-corrected chi connectivity index (χ4v) is 1.85. The highest BCUT2D eigenvalue weighted by Crippen LogP contribution is 2.24. The molecule has 1 saturated carbocycles. The molecular weight excluding hydrogens is 247 g/mol. The Morgan fingerprint density at radius 2 is 2.11 bits per heavy atom. The molecule has 0 bridgehead atoms. The molecular formula is C14H19FN2O2. The second-order valence-electron chi connectivity index (χ2n) is 5.17. The van der Waals surface area contributed by atoms with E-state index >= 15 is 0 Å². The Morgan fingerprint density at radius 3 is 2.63 bits per heavy atom. The van der Waals surface area contributed by atoms with Gasteiger partial charge in [-0.05, 0) is 44.0 Å². The third-order valence-corrected chi connectivity index (χ3v) is 3.33. The summed E-state index contributed by atoms with van der Waals surface area (Å²) in [5, 5.41) is 3.25. The largest absolute Gasteiger partial charge is 0.494 e. The van der Waals surface area contributed by atoms with Gasteiger partial charge in [0.2, 0.25) is 5.91 Å². The van der Waals surface area contributed by atoms with E-state index in [1.165, 1.54) is 12.1 Å². The lowest BCUT2D eigenvalue weighted by Gasteiger charge is -2.27. The highest BCUT2D eigenvalue weighted by molar-refractivity contribution is 5.84. The maximum Gasteiger partial charge on any atom is 0.237 e. The summed E-state index contributed by atoms with van der Waals surface area (Å²) in [6.07, 6.45) is 2.65. The summed E-state index contributed by atoms with van der Waals surface area (Å²) < 4.78 is 18.2. The standard InChI is InChI=1S/C14H19FN2O2/c1-14(13(16)18,17-11-4-5-11)8-9-19-12-6-2-10(15)3-7-12/h2-3,6-7,11,17H,4-5,8-9H2,1H3,(H2,16,18). The minimum absolute atomic E-state index is 0.301. The van der Waals surface area contributed by atoms with Gasteiger partial charge in [-0.2, -0.15) is 0 Å². The van der Waals surface area contributed by atoms with Crippen LogP contribution in [-0.4, -0.2) is 24.1 Å². The van der Waals surface area contributed by atoms with Crippen LogP contribution in [0.1, 0.15) is 26.2 Å². The highest BCUT2D eigenvalue weighted by Gasteiger charge is 2.36. The first-order valence-corrected chi connectivity index (χ1v) is 6.45. The summed E-state index contributed by atoms with van der Waals surface area (Å²) in [4.78, 5) is 11.5. The summed E-state index contributed by atoms with van der Waals surface area (Å²) >= 11 is 0. The lowest BCUT2D eigenvalue weighted by atomic mass is 9.97. The zero-order valence-corrected chi connectivity index (χ0v) is 11.0. The number of hydrogen-bond donors (Lipinski definition) is 2. The molecule has 104 valence electrons. The molecule has 1 atom stereocenters. The van der Waals surface area contributed by atoms with Crippen LogP contribution in [0.5, 0.6) is 5.75 Å². The zero-order chi connectivity index (χ0) is 13.9. The van der Waals surface area contributed by atoms with E-state index in [0.29, 0.717) is 24.8 Å². The highest BCUT2D eigenvalue weighted by atomic mass is 19.1. The molecule has 1 aliphatic rings. The number of rotatable bonds is 7. The third-order valence-electron chi connectivity index (χ3n) is 3.33. The number of ether oxygens (including phenoxy) is 1. The molecule has 4 nitrogen and oxygen atoms in total. The number of carbonyl (C=O) groups is 1. The first kappa shape index (κ1) is 13.8. The number of amides is 1. The number of nitrogens with two attached hydrogens (primary N) is 1. The summed E-state index contributed by atoms with van der Waals surface area (Å²) in [6.45, 7) is 2.15. The van der Waals surface area contributed by atoms with Crippen LogP contribution in [-0.2, 0) is 4.79 Å². The van der Waals surface area contributed by atoms with Gasteiger partial charge < -0.3 is 15.8 Å². The number of halogens is 1. The third kappa shape index (κ3) is 3.92. The van der Waals surface area contributed by atoms with Crippen LogP contribution >= 0.6 is 0 Å². The second kappa shape index (κ2) is 5.57. The van der Waals surface area contributed by atoms with E-state index in [0.717, 1.165) is 12.8 Å². The summed E-state index contributed by atoms with van der Waals surface area (Å²) in [5.41, 5.74) is 4.69. The summed E-state index contributed by atoms with van der Waals surface area (Å²) in [7, 11) is 0. The topological polar surface area (TPSA) is 64.3 Å². The molecule has 1 aliphatic carbocycles. The van der Waals surface area contributed by atoms with Crippen LogP contribution in [0.2, 0.25) is 0 Å². The van der Waals surface area contributed by atoms with Gasteiger partial charge in [-0.25, -0.2) is 4.39 Å². The van der Waals surface area contributed by atoms with Crippen molar-refractivity contribution in [1.29, 1.82) is 0 Å². The van der Waals surface area contributed by atoms with Gasteiger partial charge in [0, 0.05) is 12.5 Å². The van der Waals surface area contributed by atoms with Crippen molar-refractivity contribution in [3.8, 4) is 5.75 Å². The monoisotopic (exact) mass is 266 g/mol. The maximum atomic E-state index is 12.7. The predicted octanol–water partition coefficient (Wildman–Crippen LogP) is 1.59. The van der Waals surface area contributed by atoms with Crippen LogP contribution in [0, 0.1) is 5.82 Å². The smallest absolute Gasteiger partial charge is 0.237 e. The maximum absolute atomic E-state index is 12.7. The van der Waals surface area contributed by atoms with E-state index in [2.05, 4.69) is 5.32 Å². The molecule has 0 spiro atoms. The Balaban J connectivity index is 1.84. The zero-order valence-electron chi connectivity index (χ0n) is 11.0. The van der Waals surface area contributed by atoms with Crippen molar-refractivity contribution in [3.05, 3.63) is 30.1 Å². The molecule has 1 aromatic rings. The molecule has 5 heteroatoms. The SMILES string of the molecule is CC(CCOc1ccc(F)cc1)(NC1CC1)C(N)=O. The van der Waals surface area contributed by atoms with E-state index in [1.807, 2.05) is 0 Å². The van der Waals surface area contributed by atoms with Crippen molar-refractivity contribution >= 4 is 5.91 Å². The van der Waals surface area contributed by atoms with Crippen molar-refractivity contribution in [2.24, 2.45) is 5.73 Å². The molecule has 0 aliphatic heterocycles. The summed E-state index contributed by atoms with van der Waals surface area (Å²) in [6, 6.07) is 6.19. The van der Waals surface area contributed by atoms with Crippen molar-refractivity contribution in [1.82, 2.24) is 5.32 Å². The Labute approximate surface area is 112 Å². The van der Waals surface area contributed by atoms with Crippen LogP contribution in [0.4, 0.5) is 4.39 Å². The Morgan fingerprint density at radius 1 is 1.47 bits per heavy atom. The van der Waals surface area contributed by atoms with Gasteiger partial charge in [0.15, 0.2) is 0 Å². The van der Waals surface area contributed by atoms with Crippen molar-refractivity contribution in [3.63, 3.8) is 0 Å². The van der Waals surface area contributed by atoms with Crippen molar-refractivity contribution in [2.75, 3.05) is 6.61 Å². The fourth-order valence-electron chi connectivity index (χ4n) is 1.85. The number of primary amides is 1. The van der Waals surface area contributed by atoms with Gasteiger partial charge >= 0.3 is 0 Å². The molecule has 19 heavy (non-hydrogen) atoms. The first-order chi connectivity index (χ1) is 8.99. The molecule has 0 heterocycles. The van der Waals surface area contributed by atoms with E-state index in [1.54, 1.807) is 19.1 Å². The van der Waals surface area contributed by atoms with Gasteiger partial charge in [-0.1, -0.05) is 0 Å². The van der Waals surface area contributed by atoms with Crippen LogP contribution < -0.4 is 15.8 Å². The van der Waals surface area contributed by atoms with Crippen LogP contribution in [0.25, 0.3) is 0 Å². The number of benzene rings is 1. The molecule has 1 aromatic carbocycles. The van der Waals surface area contributed by atoms with Gasteiger partial charge in [0.05, 0.1) is 12.1 Å². The molecule has 1 amide bonds. The Kier molecular flexibility index (Phi) is 4.04. The molecule has 1 unspecified atom stereocenters. The fraction of sp³-hybridized carbons (Fsp3) is 0.500. The number of carbonyl (C=O) groups excluding carboxylic acids is 1.